The second kappa shape index (κ2) is 8.14. The van der Waals surface area contributed by atoms with Crippen LogP contribution >= 0.6 is 0 Å². The van der Waals surface area contributed by atoms with E-state index in [-0.39, 0.29) is 17.4 Å². The van der Waals surface area contributed by atoms with E-state index >= 15 is 0 Å². The molecule has 2 N–H and O–H groups in total. The number of hydrogen-bond acceptors (Lipinski definition) is 5. The Balaban J connectivity index is 1.42. The van der Waals surface area contributed by atoms with E-state index in [1.807, 2.05) is 18.2 Å². The minimum atomic E-state index is -0.588. The fraction of sp³-hybridized carbons (Fsp3) is 0.238. The standard InChI is InChI=1S/C21H21N5O3/c27-18-8-6-15(7-9-18)14-22-26-21(29)19(23-24-26)20(28)25-12-10-17(11-13-25)16-4-2-1-3-5-16/h1-9,14,17,24,27H,10-13H2. The van der Waals surface area contributed by atoms with Crippen LogP contribution in [0.25, 0.3) is 0 Å². The van der Waals surface area contributed by atoms with E-state index in [2.05, 4.69) is 27.5 Å². The van der Waals surface area contributed by atoms with E-state index in [0.29, 0.717) is 24.6 Å². The first-order valence-corrected chi connectivity index (χ1v) is 9.47. The van der Waals surface area contributed by atoms with E-state index in [9.17, 15) is 14.7 Å². The summed E-state index contributed by atoms with van der Waals surface area (Å²) < 4.78 is 0. The second-order valence-electron chi connectivity index (χ2n) is 6.99. The van der Waals surface area contributed by atoms with E-state index in [0.717, 1.165) is 17.6 Å². The lowest BCUT2D eigenvalue weighted by molar-refractivity contribution is 0.0705. The van der Waals surface area contributed by atoms with Crippen molar-refractivity contribution in [1.82, 2.24) is 20.0 Å². The highest BCUT2D eigenvalue weighted by molar-refractivity contribution is 5.92. The number of aromatic nitrogens is 3. The summed E-state index contributed by atoms with van der Waals surface area (Å²) in [5.41, 5.74) is 1.23. The average molecular weight is 391 g/mol. The Bertz CT molecular complexity index is 1060. The fourth-order valence-corrected chi connectivity index (χ4v) is 3.48. The third-order valence-electron chi connectivity index (χ3n) is 5.12. The predicted octanol–water partition coefficient (Wildman–Crippen LogP) is 2.18. The molecule has 0 bridgehead atoms. The number of phenolic OH excluding ortho intramolecular Hbond substituents is 1. The molecule has 1 aromatic heterocycles. The molecule has 148 valence electrons. The molecule has 4 rings (SSSR count). The van der Waals surface area contributed by atoms with Crippen molar-refractivity contribution in [1.29, 1.82) is 0 Å². The highest BCUT2D eigenvalue weighted by Gasteiger charge is 2.28. The van der Waals surface area contributed by atoms with Crippen LogP contribution in [-0.2, 0) is 0 Å². The Morgan fingerprint density at radius 1 is 1.10 bits per heavy atom. The predicted molar refractivity (Wildman–Crippen MR) is 108 cm³/mol. The summed E-state index contributed by atoms with van der Waals surface area (Å²) in [4.78, 5) is 27.8. The molecule has 8 heteroatoms. The Hall–Kier alpha value is -3.68. The van der Waals surface area contributed by atoms with Crippen LogP contribution in [0.2, 0.25) is 0 Å². The number of benzene rings is 2. The summed E-state index contributed by atoms with van der Waals surface area (Å²) in [7, 11) is 0. The minimum absolute atomic E-state index is 0.143. The second-order valence-corrected chi connectivity index (χ2v) is 6.99. The third-order valence-corrected chi connectivity index (χ3v) is 5.12. The van der Waals surface area contributed by atoms with Gasteiger partial charge in [0.1, 0.15) is 5.75 Å². The van der Waals surface area contributed by atoms with Crippen molar-refractivity contribution >= 4 is 12.1 Å². The average Bonchev–Trinajstić information content (AvgIpc) is 3.14. The van der Waals surface area contributed by atoms with Crippen molar-refractivity contribution in [2.24, 2.45) is 5.10 Å². The molecule has 1 amide bonds. The highest BCUT2D eigenvalue weighted by Crippen LogP contribution is 2.28. The maximum absolute atomic E-state index is 12.7. The molecule has 0 aliphatic carbocycles. The van der Waals surface area contributed by atoms with Crippen molar-refractivity contribution in [3.63, 3.8) is 0 Å². The maximum atomic E-state index is 12.7. The molecule has 0 saturated carbocycles. The summed E-state index contributed by atoms with van der Waals surface area (Å²) in [5.74, 6) is 0.187. The summed E-state index contributed by atoms with van der Waals surface area (Å²) >= 11 is 0. The van der Waals surface area contributed by atoms with Gasteiger partial charge in [-0.2, -0.15) is 10.3 Å². The number of aromatic amines is 1. The molecule has 0 radical (unpaired) electrons. The number of phenols is 1. The van der Waals surface area contributed by atoms with Crippen LogP contribution < -0.4 is 5.56 Å². The normalized spacial score (nSPS) is 15.1. The molecular formula is C21H21N5O3. The summed E-state index contributed by atoms with van der Waals surface area (Å²) in [6.45, 7) is 1.17. The molecule has 0 spiro atoms. The zero-order valence-corrected chi connectivity index (χ0v) is 15.7. The lowest BCUT2D eigenvalue weighted by atomic mass is 9.89. The van der Waals surface area contributed by atoms with Crippen LogP contribution in [0.4, 0.5) is 0 Å². The highest BCUT2D eigenvalue weighted by atomic mass is 16.3. The van der Waals surface area contributed by atoms with E-state index in [1.54, 1.807) is 17.0 Å². The van der Waals surface area contributed by atoms with Gasteiger partial charge in [0.25, 0.3) is 5.91 Å². The first-order valence-electron chi connectivity index (χ1n) is 9.47. The quantitative estimate of drug-likeness (QED) is 0.665. The van der Waals surface area contributed by atoms with Gasteiger partial charge in [-0.05, 0) is 54.2 Å². The summed E-state index contributed by atoms with van der Waals surface area (Å²) in [5, 5.41) is 19.7. The van der Waals surface area contributed by atoms with Crippen molar-refractivity contribution in [2.45, 2.75) is 18.8 Å². The first-order chi connectivity index (χ1) is 14.1. The lowest BCUT2D eigenvalue weighted by Gasteiger charge is -2.31. The number of aromatic hydroxyl groups is 1. The number of rotatable bonds is 4. The van der Waals surface area contributed by atoms with Gasteiger partial charge < -0.3 is 10.0 Å². The number of carbonyl (C=O) groups is 1. The minimum Gasteiger partial charge on any atom is -0.508 e. The van der Waals surface area contributed by atoms with E-state index in [1.165, 1.54) is 23.9 Å². The van der Waals surface area contributed by atoms with Crippen molar-refractivity contribution < 1.29 is 9.90 Å². The molecule has 1 aliphatic heterocycles. The number of nitrogens with one attached hydrogen (secondary N) is 1. The molecule has 3 aromatic rings. The van der Waals surface area contributed by atoms with Gasteiger partial charge >= 0.3 is 5.56 Å². The smallest absolute Gasteiger partial charge is 0.320 e. The fourth-order valence-electron chi connectivity index (χ4n) is 3.48. The lowest BCUT2D eigenvalue weighted by Crippen LogP contribution is -2.40. The summed E-state index contributed by atoms with van der Waals surface area (Å²) in [6.07, 6.45) is 3.15. The molecule has 0 unspecified atom stereocenters. The van der Waals surface area contributed by atoms with Gasteiger partial charge in [-0.1, -0.05) is 30.3 Å². The van der Waals surface area contributed by atoms with Crippen molar-refractivity contribution in [3.05, 3.63) is 81.8 Å². The van der Waals surface area contributed by atoms with Crippen LogP contribution in [0.5, 0.6) is 5.75 Å². The number of amides is 1. The topological polar surface area (TPSA) is 104 Å². The third kappa shape index (κ3) is 4.11. The van der Waals surface area contributed by atoms with Gasteiger partial charge in [0.15, 0.2) is 0 Å². The molecule has 1 aliphatic rings. The van der Waals surface area contributed by atoms with Gasteiger partial charge in [-0.3, -0.25) is 9.59 Å². The molecule has 1 fully saturated rings. The van der Waals surface area contributed by atoms with Gasteiger partial charge in [0.2, 0.25) is 5.69 Å². The zero-order valence-electron chi connectivity index (χ0n) is 15.7. The van der Waals surface area contributed by atoms with Crippen LogP contribution in [0.3, 0.4) is 0 Å². The zero-order chi connectivity index (χ0) is 20.2. The molecule has 2 heterocycles. The van der Waals surface area contributed by atoms with Gasteiger partial charge in [0, 0.05) is 13.1 Å². The van der Waals surface area contributed by atoms with E-state index in [4.69, 9.17) is 0 Å². The number of hydrogen-bond donors (Lipinski definition) is 2. The number of H-pyrrole nitrogens is 1. The maximum Gasteiger partial charge on any atom is 0.320 e. The van der Waals surface area contributed by atoms with Crippen LogP contribution in [0.1, 0.15) is 40.4 Å². The molecule has 1 saturated heterocycles. The van der Waals surface area contributed by atoms with Crippen molar-refractivity contribution in [2.75, 3.05) is 13.1 Å². The van der Waals surface area contributed by atoms with Gasteiger partial charge in [0.05, 0.1) is 6.21 Å². The number of nitrogens with zero attached hydrogens (tertiary/aromatic N) is 4. The Morgan fingerprint density at radius 2 is 1.79 bits per heavy atom. The van der Waals surface area contributed by atoms with Gasteiger partial charge in [-0.15, -0.1) is 9.89 Å². The van der Waals surface area contributed by atoms with Crippen molar-refractivity contribution in [3.8, 4) is 5.75 Å². The molecule has 0 atom stereocenters. The number of carbonyl (C=O) groups excluding carboxylic acids is 1. The van der Waals surface area contributed by atoms with Crippen LogP contribution in [0.15, 0.2) is 64.5 Å². The number of likely N-dealkylation sites (tertiary alicyclic amines) is 1. The monoisotopic (exact) mass is 391 g/mol. The SMILES string of the molecule is O=C(c1n[nH]n(N=Cc2ccc(O)cc2)c1=O)N1CCC(c2ccccc2)CC1. The summed E-state index contributed by atoms with van der Waals surface area (Å²) in [6, 6.07) is 16.6. The van der Waals surface area contributed by atoms with Crippen LogP contribution in [-0.4, -0.2) is 50.3 Å². The Kier molecular flexibility index (Phi) is 5.24. The van der Waals surface area contributed by atoms with Gasteiger partial charge in [-0.25, -0.2) is 0 Å². The first kappa shape index (κ1) is 18.7. The van der Waals surface area contributed by atoms with Crippen LogP contribution in [0, 0.1) is 0 Å². The Labute approximate surface area is 167 Å². The largest absolute Gasteiger partial charge is 0.508 e. The molecule has 29 heavy (non-hydrogen) atoms. The van der Waals surface area contributed by atoms with E-state index < -0.39 is 5.56 Å². The molecular weight excluding hydrogens is 370 g/mol. The molecule has 2 aromatic carbocycles. The number of piperidine rings is 1. The Morgan fingerprint density at radius 3 is 2.48 bits per heavy atom. The molecule has 8 nitrogen and oxygen atoms in total.